The first-order chi connectivity index (χ1) is 8.80. The summed E-state index contributed by atoms with van der Waals surface area (Å²) in [7, 11) is -8.11. The van der Waals surface area contributed by atoms with E-state index in [2.05, 4.69) is 0 Å². The van der Waals surface area contributed by atoms with E-state index < -0.39 is 22.7 Å². The fraction of sp³-hybridized carbons (Fsp3) is 0.455. The molecule has 0 amide bonds. The first kappa shape index (κ1) is 16.3. The van der Waals surface area contributed by atoms with Gasteiger partial charge >= 0.3 is 17.8 Å². The van der Waals surface area contributed by atoms with Gasteiger partial charge in [0.1, 0.15) is 0 Å². The number of hydrogen-bond acceptors (Lipinski definition) is 5. The summed E-state index contributed by atoms with van der Waals surface area (Å²) < 4.78 is 56.9. The lowest BCUT2D eigenvalue weighted by molar-refractivity contribution is 0.219. The number of benzene rings is 1. The van der Waals surface area contributed by atoms with Crippen LogP contribution in [0, 0.1) is 0 Å². The first-order valence-corrected chi connectivity index (χ1v) is 8.83. The Balaban J connectivity index is 3.01. The topological polar surface area (TPSA) is 69.7 Å². The van der Waals surface area contributed by atoms with Crippen LogP contribution in [0.5, 0.6) is 0 Å². The van der Waals surface area contributed by atoms with Crippen molar-refractivity contribution in [1.82, 2.24) is 0 Å². The van der Waals surface area contributed by atoms with E-state index in [-0.39, 0.29) is 19.4 Å². The molecule has 0 aliphatic rings. The minimum atomic E-state index is -4.78. The highest BCUT2D eigenvalue weighted by molar-refractivity contribution is 7.86. The molecule has 8 heteroatoms. The number of hydrogen-bond donors (Lipinski definition) is 0. The molecule has 0 heterocycles. The second-order valence-electron chi connectivity index (χ2n) is 3.69. The Hall–Kier alpha value is -0.750. The van der Waals surface area contributed by atoms with Gasteiger partial charge in [-0.15, -0.1) is 3.89 Å². The van der Waals surface area contributed by atoms with Crippen molar-refractivity contribution in [2.24, 2.45) is 0 Å². The van der Waals surface area contributed by atoms with Crippen LogP contribution in [-0.2, 0) is 30.0 Å². The third-order valence-electron chi connectivity index (χ3n) is 2.21. The Morgan fingerprint density at radius 2 is 1.79 bits per heavy atom. The van der Waals surface area contributed by atoms with Crippen LogP contribution >= 0.6 is 7.60 Å². The maximum absolute atomic E-state index is 12.9. The van der Waals surface area contributed by atoms with Gasteiger partial charge in [0.25, 0.3) is 0 Å². The zero-order valence-electron chi connectivity index (χ0n) is 10.7. The monoisotopic (exact) mass is 310 g/mol. The summed E-state index contributed by atoms with van der Waals surface area (Å²) >= 11 is 0. The molecular formula is C11H16FO5PS. The van der Waals surface area contributed by atoms with E-state index in [1.165, 1.54) is 6.07 Å². The summed E-state index contributed by atoms with van der Waals surface area (Å²) in [6.45, 7) is 3.76. The molecule has 19 heavy (non-hydrogen) atoms. The molecule has 0 spiro atoms. The van der Waals surface area contributed by atoms with Gasteiger partial charge < -0.3 is 9.05 Å². The van der Waals surface area contributed by atoms with Gasteiger partial charge in [0, 0.05) is 0 Å². The third-order valence-corrected chi connectivity index (χ3v) is 5.08. The normalized spacial score (nSPS) is 12.6. The summed E-state index contributed by atoms with van der Waals surface area (Å²) in [6, 6.07) is 5.18. The predicted octanol–water partition coefficient (Wildman–Crippen LogP) is 3.11. The highest BCUT2D eigenvalue weighted by Crippen LogP contribution is 2.51. The highest BCUT2D eigenvalue weighted by atomic mass is 32.3. The second kappa shape index (κ2) is 6.61. The molecule has 108 valence electrons. The van der Waals surface area contributed by atoms with Gasteiger partial charge in [0.15, 0.2) is 0 Å². The zero-order valence-corrected chi connectivity index (χ0v) is 12.4. The van der Waals surface area contributed by atoms with Crippen LogP contribution in [-0.4, -0.2) is 21.6 Å². The summed E-state index contributed by atoms with van der Waals surface area (Å²) in [5.41, 5.74) is 0.379. The lowest BCUT2D eigenvalue weighted by atomic mass is 10.2. The van der Waals surface area contributed by atoms with E-state index in [1.54, 1.807) is 19.9 Å². The molecule has 0 aliphatic carbocycles. The van der Waals surface area contributed by atoms with Crippen molar-refractivity contribution in [3.63, 3.8) is 0 Å². The van der Waals surface area contributed by atoms with Crippen LogP contribution in [0.2, 0.25) is 0 Å². The first-order valence-electron chi connectivity index (χ1n) is 5.72. The second-order valence-corrected chi connectivity index (χ2v) is 7.09. The quantitative estimate of drug-likeness (QED) is 0.571. The Labute approximate surface area is 112 Å². The van der Waals surface area contributed by atoms with Gasteiger partial charge in [-0.2, -0.15) is 8.42 Å². The Bertz CT molecular complexity index is 562. The number of rotatable bonds is 7. The molecule has 1 aromatic rings. The van der Waals surface area contributed by atoms with Gasteiger partial charge in [-0.1, -0.05) is 12.1 Å². The lowest BCUT2D eigenvalue weighted by Crippen LogP contribution is -2.00. The van der Waals surface area contributed by atoms with Crippen LogP contribution in [0.15, 0.2) is 29.2 Å². The molecule has 0 unspecified atom stereocenters. The molecule has 0 saturated heterocycles. The van der Waals surface area contributed by atoms with E-state index in [0.717, 1.165) is 12.1 Å². The summed E-state index contributed by atoms with van der Waals surface area (Å²) in [5.74, 6) is 0. The summed E-state index contributed by atoms with van der Waals surface area (Å²) in [6.07, 6.45) is -0.0992. The fourth-order valence-electron chi connectivity index (χ4n) is 1.54. The Kier molecular flexibility index (Phi) is 5.67. The molecule has 1 aromatic carbocycles. The summed E-state index contributed by atoms with van der Waals surface area (Å²) in [4.78, 5) is -0.468. The van der Waals surface area contributed by atoms with Crippen molar-refractivity contribution in [3.8, 4) is 0 Å². The van der Waals surface area contributed by atoms with E-state index in [9.17, 15) is 16.9 Å². The van der Waals surface area contributed by atoms with Crippen molar-refractivity contribution >= 4 is 17.8 Å². The molecule has 0 saturated carbocycles. The highest BCUT2D eigenvalue weighted by Gasteiger charge is 2.24. The maximum atomic E-state index is 12.9. The van der Waals surface area contributed by atoms with E-state index >= 15 is 0 Å². The zero-order chi connectivity index (χ0) is 14.5. The predicted molar refractivity (Wildman–Crippen MR) is 69.3 cm³/mol. The van der Waals surface area contributed by atoms with Crippen LogP contribution in [0.1, 0.15) is 19.4 Å². The van der Waals surface area contributed by atoms with Gasteiger partial charge in [-0.3, -0.25) is 4.57 Å². The van der Waals surface area contributed by atoms with Crippen LogP contribution in [0.25, 0.3) is 0 Å². The van der Waals surface area contributed by atoms with E-state index in [1.807, 2.05) is 0 Å². The van der Waals surface area contributed by atoms with Gasteiger partial charge in [-0.25, -0.2) is 0 Å². The van der Waals surface area contributed by atoms with Crippen molar-refractivity contribution in [1.29, 1.82) is 0 Å². The number of halogens is 1. The fourth-order valence-corrected chi connectivity index (χ4v) is 3.76. The minimum absolute atomic E-state index is 0.0992. The van der Waals surface area contributed by atoms with Gasteiger partial charge in [0.05, 0.1) is 24.3 Å². The molecule has 0 bridgehead atoms. The van der Waals surface area contributed by atoms with Crippen LogP contribution < -0.4 is 0 Å². The van der Waals surface area contributed by atoms with Crippen LogP contribution in [0.3, 0.4) is 0 Å². The van der Waals surface area contributed by atoms with Crippen molar-refractivity contribution in [2.75, 3.05) is 13.2 Å². The Morgan fingerprint density at radius 1 is 1.21 bits per heavy atom. The average molecular weight is 310 g/mol. The lowest BCUT2D eigenvalue weighted by Gasteiger charge is -2.17. The minimum Gasteiger partial charge on any atom is -0.309 e. The van der Waals surface area contributed by atoms with Gasteiger partial charge in [-0.05, 0) is 31.5 Å². The van der Waals surface area contributed by atoms with E-state index in [0.29, 0.717) is 5.56 Å². The largest absolute Gasteiger partial charge is 0.335 e. The molecule has 0 radical (unpaired) electrons. The molecule has 5 nitrogen and oxygen atoms in total. The van der Waals surface area contributed by atoms with Crippen molar-refractivity contribution in [2.45, 2.75) is 24.9 Å². The maximum Gasteiger partial charge on any atom is 0.335 e. The third kappa shape index (κ3) is 5.03. The molecule has 0 aromatic heterocycles. The van der Waals surface area contributed by atoms with Crippen LogP contribution in [0.4, 0.5) is 3.89 Å². The van der Waals surface area contributed by atoms with E-state index in [4.69, 9.17) is 9.05 Å². The standard InChI is InChI=1S/C11H16FO5PS/c1-3-16-18(13,17-4-2)9-10-6-5-7-11(8-10)19(12,14)15/h5-8H,3-4,9H2,1-2H3. The molecule has 1 rings (SSSR count). The molecule has 0 atom stereocenters. The molecular weight excluding hydrogens is 294 g/mol. The van der Waals surface area contributed by atoms with Crippen molar-refractivity contribution in [3.05, 3.63) is 29.8 Å². The van der Waals surface area contributed by atoms with Gasteiger partial charge in [0.2, 0.25) is 0 Å². The molecule has 0 aliphatic heterocycles. The average Bonchev–Trinajstić information content (AvgIpc) is 2.28. The summed E-state index contributed by atoms with van der Waals surface area (Å²) in [5, 5.41) is 0. The SMILES string of the molecule is CCOP(=O)(Cc1cccc(S(=O)(=O)F)c1)OCC. The Morgan fingerprint density at radius 3 is 2.26 bits per heavy atom. The molecule has 0 fully saturated rings. The van der Waals surface area contributed by atoms with Crippen molar-refractivity contribution < 1.29 is 25.9 Å². The molecule has 0 N–H and O–H groups in total. The smallest absolute Gasteiger partial charge is 0.309 e.